The van der Waals surface area contributed by atoms with Crippen LogP contribution in [0.1, 0.15) is 21.5 Å². The summed E-state index contributed by atoms with van der Waals surface area (Å²) in [6, 6.07) is 16.2. The third kappa shape index (κ3) is 6.33. The number of ether oxygens (including phenoxy) is 1. The lowest BCUT2D eigenvalue weighted by Gasteiger charge is -2.13. The fraction of sp³-hybridized carbons (Fsp3) is 0.130. The van der Waals surface area contributed by atoms with Crippen molar-refractivity contribution in [2.75, 3.05) is 17.1 Å². The molecular formula is C23H22BN3O4S2. The van der Waals surface area contributed by atoms with Crippen LogP contribution in [0.3, 0.4) is 0 Å². The number of benzene rings is 3. The topological polar surface area (TPSA) is 96.5 Å². The van der Waals surface area contributed by atoms with Gasteiger partial charge in [-0.1, -0.05) is 23.7 Å². The summed E-state index contributed by atoms with van der Waals surface area (Å²) in [5, 5.41) is 5.44. The third-order valence-electron chi connectivity index (χ3n) is 4.59. The number of sulfonamides is 1. The molecule has 0 atom stereocenters. The van der Waals surface area contributed by atoms with Crippen LogP contribution in [-0.2, 0) is 10.0 Å². The van der Waals surface area contributed by atoms with Gasteiger partial charge in [-0.05, 0) is 79.7 Å². The van der Waals surface area contributed by atoms with E-state index in [1.807, 2.05) is 19.9 Å². The number of carbonyl (C=O) groups excluding carboxylic acids is 1. The first-order valence-corrected chi connectivity index (χ1v) is 11.7. The first-order chi connectivity index (χ1) is 15.6. The monoisotopic (exact) mass is 479 g/mol. The van der Waals surface area contributed by atoms with Crippen LogP contribution in [0.2, 0.25) is 0 Å². The molecule has 3 aromatic carbocycles. The molecule has 0 aliphatic heterocycles. The molecule has 0 aromatic heterocycles. The summed E-state index contributed by atoms with van der Waals surface area (Å²) in [5.41, 5.74) is 3.56. The number of amides is 1. The highest BCUT2D eigenvalue weighted by Gasteiger charge is 2.16. The smallest absolute Gasteiger partial charge is 0.261 e. The Morgan fingerprint density at radius 3 is 2.18 bits per heavy atom. The molecule has 0 heterocycles. The Morgan fingerprint density at radius 1 is 0.939 bits per heavy atom. The van der Waals surface area contributed by atoms with Crippen molar-refractivity contribution in [2.24, 2.45) is 0 Å². The van der Waals surface area contributed by atoms with Gasteiger partial charge in [-0.15, -0.1) is 0 Å². The molecule has 10 heteroatoms. The summed E-state index contributed by atoms with van der Waals surface area (Å²) in [5.74, 6) is -0.135. The van der Waals surface area contributed by atoms with Crippen LogP contribution >= 0.6 is 12.2 Å². The van der Waals surface area contributed by atoms with E-state index in [0.29, 0.717) is 22.6 Å². The van der Waals surface area contributed by atoms with Gasteiger partial charge in [-0.25, -0.2) is 8.42 Å². The molecule has 0 fully saturated rings. The lowest BCUT2D eigenvalue weighted by Crippen LogP contribution is -2.34. The predicted molar refractivity (Wildman–Crippen MR) is 135 cm³/mol. The van der Waals surface area contributed by atoms with Crippen molar-refractivity contribution in [3.05, 3.63) is 77.4 Å². The van der Waals surface area contributed by atoms with Gasteiger partial charge in [-0.2, -0.15) is 0 Å². The van der Waals surface area contributed by atoms with E-state index < -0.39 is 15.9 Å². The molecule has 2 radical (unpaired) electrons. The van der Waals surface area contributed by atoms with Gasteiger partial charge in [0.15, 0.2) is 5.11 Å². The lowest BCUT2D eigenvalue weighted by molar-refractivity contribution is 0.0975. The molecule has 168 valence electrons. The van der Waals surface area contributed by atoms with E-state index in [4.69, 9.17) is 24.8 Å². The number of aryl methyl sites for hydroxylation is 2. The Morgan fingerprint density at radius 2 is 1.58 bits per heavy atom. The van der Waals surface area contributed by atoms with Crippen molar-refractivity contribution in [1.82, 2.24) is 5.32 Å². The van der Waals surface area contributed by atoms with Crippen molar-refractivity contribution in [3.63, 3.8) is 0 Å². The van der Waals surface area contributed by atoms with E-state index in [-0.39, 0.29) is 15.6 Å². The van der Waals surface area contributed by atoms with Crippen LogP contribution in [0.5, 0.6) is 5.75 Å². The van der Waals surface area contributed by atoms with Crippen LogP contribution in [0.25, 0.3) is 0 Å². The molecular weight excluding hydrogens is 457 g/mol. The first-order valence-electron chi connectivity index (χ1n) is 9.84. The minimum atomic E-state index is -3.76. The minimum Gasteiger partial charge on any atom is -0.496 e. The maximum atomic E-state index is 12.7. The van der Waals surface area contributed by atoms with Gasteiger partial charge < -0.3 is 10.1 Å². The van der Waals surface area contributed by atoms with E-state index in [1.165, 1.54) is 25.3 Å². The van der Waals surface area contributed by atoms with Crippen LogP contribution in [-0.4, -0.2) is 34.4 Å². The summed E-state index contributed by atoms with van der Waals surface area (Å²) in [4.78, 5) is 12.6. The Labute approximate surface area is 200 Å². The van der Waals surface area contributed by atoms with Crippen LogP contribution in [0, 0.1) is 13.8 Å². The molecule has 3 aromatic rings. The SMILES string of the molecule is [B]c1ccc(OC)c(C(=O)NC(=S)Nc2ccc(S(=O)(=O)Nc3cc(C)cc(C)c3)cc2)c1. The fourth-order valence-electron chi connectivity index (χ4n) is 3.20. The van der Waals surface area contributed by atoms with Crippen molar-refractivity contribution in [3.8, 4) is 5.75 Å². The molecule has 3 N–H and O–H groups in total. The molecule has 0 saturated carbocycles. The first kappa shape index (κ1) is 24.3. The van der Waals surface area contributed by atoms with E-state index in [1.54, 1.807) is 36.4 Å². The van der Waals surface area contributed by atoms with E-state index in [0.717, 1.165) is 11.1 Å². The summed E-state index contributed by atoms with van der Waals surface area (Å²) >= 11 is 5.20. The minimum absolute atomic E-state index is 0.0356. The van der Waals surface area contributed by atoms with Crippen LogP contribution in [0.4, 0.5) is 11.4 Å². The van der Waals surface area contributed by atoms with Gasteiger partial charge in [0.25, 0.3) is 15.9 Å². The summed E-state index contributed by atoms with van der Waals surface area (Å²) < 4.78 is 33.2. The van der Waals surface area contributed by atoms with Gasteiger partial charge in [0.05, 0.1) is 17.6 Å². The number of anilines is 2. The van der Waals surface area contributed by atoms with Gasteiger partial charge in [-0.3, -0.25) is 14.8 Å². The maximum Gasteiger partial charge on any atom is 0.261 e. The second-order valence-corrected chi connectivity index (χ2v) is 9.46. The number of rotatable bonds is 6. The Bertz CT molecular complexity index is 1290. The van der Waals surface area contributed by atoms with Gasteiger partial charge >= 0.3 is 0 Å². The molecule has 0 saturated heterocycles. The number of nitrogens with one attached hydrogen (secondary N) is 3. The largest absolute Gasteiger partial charge is 0.496 e. The summed E-state index contributed by atoms with van der Waals surface area (Å²) in [6.07, 6.45) is 0. The highest BCUT2D eigenvalue weighted by atomic mass is 32.2. The second kappa shape index (κ2) is 10.1. The van der Waals surface area contributed by atoms with Crippen molar-refractivity contribution in [1.29, 1.82) is 0 Å². The predicted octanol–water partition coefficient (Wildman–Crippen LogP) is 3.03. The molecule has 0 aliphatic carbocycles. The summed E-state index contributed by atoms with van der Waals surface area (Å²) in [6.45, 7) is 3.80. The molecule has 0 aliphatic rings. The molecule has 3 rings (SSSR count). The van der Waals surface area contributed by atoms with E-state index in [2.05, 4.69) is 15.4 Å². The second-order valence-electron chi connectivity index (χ2n) is 7.37. The maximum absolute atomic E-state index is 12.7. The zero-order chi connectivity index (χ0) is 24.2. The lowest BCUT2D eigenvalue weighted by atomic mass is 9.94. The van der Waals surface area contributed by atoms with E-state index in [9.17, 15) is 13.2 Å². The van der Waals surface area contributed by atoms with Crippen molar-refractivity contribution in [2.45, 2.75) is 18.7 Å². The molecule has 1 amide bonds. The number of carbonyl (C=O) groups is 1. The number of thiocarbonyl (C=S) groups is 1. The molecule has 0 bridgehead atoms. The molecule has 33 heavy (non-hydrogen) atoms. The molecule has 0 spiro atoms. The van der Waals surface area contributed by atoms with Crippen molar-refractivity contribution < 1.29 is 17.9 Å². The van der Waals surface area contributed by atoms with Crippen LogP contribution < -0.4 is 25.6 Å². The zero-order valence-electron chi connectivity index (χ0n) is 18.3. The third-order valence-corrected chi connectivity index (χ3v) is 6.19. The highest BCUT2D eigenvalue weighted by molar-refractivity contribution is 7.92. The normalized spacial score (nSPS) is 10.9. The zero-order valence-corrected chi connectivity index (χ0v) is 19.9. The Hall–Kier alpha value is -3.37. The number of hydrogen-bond donors (Lipinski definition) is 3. The average Bonchev–Trinajstić information content (AvgIpc) is 2.73. The summed E-state index contributed by atoms with van der Waals surface area (Å²) in [7, 11) is 3.43. The molecule has 0 unspecified atom stereocenters. The van der Waals surface area contributed by atoms with Crippen molar-refractivity contribution >= 4 is 57.9 Å². The number of hydrogen-bond acceptors (Lipinski definition) is 5. The Balaban J connectivity index is 1.67. The molecule has 7 nitrogen and oxygen atoms in total. The average molecular weight is 479 g/mol. The van der Waals surface area contributed by atoms with Gasteiger partial charge in [0.1, 0.15) is 13.6 Å². The Kier molecular flexibility index (Phi) is 7.40. The number of methoxy groups -OCH3 is 1. The van der Waals surface area contributed by atoms with E-state index >= 15 is 0 Å². The van der Waals surface area contributed by atoms with Gasteiger partial charge in [0.2, 0.25) is 0 Å². The van der Waals surface area contributed by atoms with Crippen LogP contribution in [0.15, 0.2) is 65.6 Å². The highest BCUT2D eigenvalue weighted by Crippen LogP contribution is 2.21. The van der Waals surface area contributed by atoms with Gasteiger partial charge in [0, 0.05) is 11.4 Å². The fourth-order valence-corrected chi connectivity index (χ4v) is 4.45. The standard InChI is InChI=1S/C23H22BN3O4S2/c1-14-10-15(2)12-18(11-14)27-33(29,30)19-7-5-17(6-8-19)25-23(32)26-22(28)20-13-16(24)4-9-21(20)31-3/h4-13,27H,1-3H3,(H2,25,26,28,32). The quantitative estimate of drug-likeness (QED) is 0.372.